The molecule has 0 bridgehead atoms. The smallest absolute Gasteiger partial charge is 0.271 e. The van der Waals surface area contributed by atoms with Gasteiger partial charge in [-0.25, -0.2) is 5.43 Å². The lowest BCUT2D eigenvalue weighted by Gasteiger charge is -2.30. The summed E-state index contributed by atoms with van der Waals surface area (Å²) in [6, 6.07) is 13.5. The van der Waals surface area contributed by atoms with Gasteiger partial charge in [-0.3, -0.25) is 29.4 Å². The highest BCUT2D eigenvalue weighted by Crippen LogP contribution is 2.19. The van der Waals surface area contributed by atoms with E-state index in [-0.39, 0.29) is 16.4 Å². The Morgan fingerprint density at radius 2 is 1.93 bits per heavy atom. The summed E-state index contributed by atoms with van der Waals surface area (Å²) >= 11 is 5.07. The Labute approximate surface area is 169 Å². The Morgan fingerprint density at radius 3 is 2.62 bits per heavy atom. The van der Waals surface area contributed by atoms with Gasteiger partial charge in [0.15, 0.2) is 11.0 Å². The Balaban J connectivity index is 1.74. The third kappa shape index (κ3) is 4.30. The van der Waals surface area contributed by atoms with Crippen LogP contribution in [0.5, 0.6) is 0 Å². The lowest BCUT2D eigenvalue weighted by molar-refractivity contribution is -0.384. The number of amides is 3. The molecule has 1 aliphatic heterocycles. The number of hydrogen-bond acceptors (Lipinski definition) is 7. The van der Waals surface area contributed by atoms with Crippen molar-refractivity contribution in [3.8, 4) is 0 Å². The molecular formula is C18H13N5O5S. The molecule has 1 atom stereocenters. The second kappa shape index (κ2) is 8.35. The third-order valence-electron chi connectivity index (χ3n) is 3.93. The van der Waals surface area contributed by atoms with Crippen LogP contribution in [0.2, 0.25) is 0 Å². The number of nitro benzene ring substituents is 1. The summed E-state index contributed by atoms with van der Waals surface area (Å²) in [5, 5.41) is 16.8. The van der Waals surface area contributed by atoms with E-state index in [4.69, 9.17) is 12.2 Å². The predicted octanol–water partition coefficient (Wildman–Crippen LogP) is 1.37. The van der Waals surface area contributed by atoms with Crippen LogP contribution in [0.15, 0.2) is 59.7 Å². The number of thiocarbonyl (C=S) groups is 1. The summed E-state index contributed by atoms with van der Waals surface area (Å²) in [4.78, 5) is 48.3. The molecule has 1 aliphatic rings. The van der Waals surface area contributed by atoms with E-state index in [1.165, 1.54) is 18.2 Å². The summed E-state index contributed by atoms with van der Waals surface area (Å²) in [5.41, 5.74) is 2.37. The number of non-ortho nitro benzene ring substituents is 1. The van der Waals surface area contributed by atoms with Crippen LogP contribution < -0.4 is 15.6 Å². The van der Waals surface area contributed by atoms with Gasteiger partial charge in [-0.2, -0.15) is 5.10 Å². The normalized spacial score (nSPS) is 16.6. The number of nitrogens with one attached hydrogen (secondary N) is 2. The van der Waals surface area contributed by atoms with Gasteiger partial charge >= 0.3 is 0 Å². The first-order valence-electron chi connectivity index (χ1n) is 8.20. The van der Waals surface area contributed by atoms with Crippen LogP contribution in [0.25, 0.3) is 0 Å². The summed E-state index contributed by atoms with van der Waals surface area (Å²) in [6.07, 6.45) is 0.977. The van der Waals surface area contributed by atoms with Gasteiger partial charge in [0.05, 0.1) is 10.6 Å². The standard InChI is InChI=1S/C18H13N5O5S/c24-15(11-5-4-8-13(9-11)23(27)28)21-19-10-14-16(25)20-18(29)22(17(14)26)12-6-2-1-3-7-12/h1-10,14H,(H,21,24)(H,20,25,29)/b19-10-/t14-/m0/s1. The van der Waals surface area contributed by atoms with Crippen LogP contribution in [-0.2, 0) is 9.59 Å². The maximum Gasteiger partial charge on any atom is 0.271 e. The number of carbonyl (C=O) groups excluding carboxylic acids is 3. The van der Waals surface area contributed by atoms with E-state index >= 15 is 0 Å². The van der Waals surface area contributed by atoms with Crippen molar-refractivity contribution >= 4 is 52.6 Å². The summed E-state index contributed by atoms with van der Waals surface area (Å²) < 4.78 is 0. The Kier molecular flexibility index (Phi) is 5.69. The number of nitro groups is 1. The van der Waals surface area contributed by atoms with E-state index in [1.807, 2.05) is 0 Å². The van der Waals surface area contributed by atoms with Gasteiger partial charge in [-0.05, 0) is 30.4 Å². The number of rotatable bonds is 5. The maximum atomic E-state index is 12.7. The van der Waals surface area contributed by atoms with Crippen LogP contribution in [0, 0.1) is 16.0 Å². The predicted molar refractivity (Wildman–Crippen MR) is 107 cm³/mol. The molecule has 2 N–H and O–H groups in total. The molecule has 0 unspecified atom stereocenters. The lowest BCUT2D eigenvalue weighted by Crippen LogP contribution is -2.58. The quantitative estimate of drug-likeness (QED) is 0.251. The number of hydrogen-bond donors (Lipinski definition) is 2. The van der Waals surface area contributed by atoms with Gasteiger partial charge in [0.25, 0.3) is 17.5 Å². The first-order valence-corrected chi connectivity index (χ1v) is 8.61. The molecule has 10 nitrogen and oxygen atoms in total. The Morgan fingerprint density at radius 1 is 1.21 bits per heavy atom. The number of nitrogens with zero attached hydrogens (tertiary/aromatic N) is 3. The van der Waals surface area contributed by atoms with Crippen molar-refractivity contribution < 1.29 is 19.3 Å². The fourth-order valence-corrected chi connectivity index (χ4v) is 2.84. The number of hydrazone groups is 1. The van der Waals surface area contributed by atoms with Crippen molar-refractivity contribution in [3.05, 3.63) is 70.3 Å². The molecule has 3 amide bonds. The minimum absolute atomic E-state index is 0.00265. The molecule has 0 radical (unpaired) electrons. The minimum atomic E-state index is -1.31. The molecule has 0 aliphatic carbocycles. The van der Waals surface area contributed by atoms with Gasteiger partial charge in [0.1, 0.15) is 0 Å². The zero-order valence-electron chi connectivity index (χ0n) is 14.6. The first-order chi connectivity index (χ1) is 13.9. The zero-order valence-corrected chi connectivity index (χ0v) is 15.5. The van der Waals surface area contributed by atoms with E-state index in [9.17, 15) is 24.5 Å². The molecule has 2 aromatic carbocycles. The molecule has 1 fully saturated rings. The number of carbonyl (C=O) groups is 3. The molecule has 2 aromatic rings. The molecule has 3 rings (SSSR count). The van der Waals surface area contributed by atoms with Crippen LogP contribution >= 0.6 is 12.2 Å². The average Bonchev–Trinajstić information content (AvgIpc) is 2.71. The molecule has 11 heteroatoms. The van der Waals surface area contributed by atoms with Crippen molar-refractivity contribution in [1.29, 1.82) is 0 Å². The first kappa shape index (κ1) is 19.8. The van der Waals surface area contributed by atoms with Gasteiger partial charge < -0.3 is 5.32 Å². The maximum absolute atomic E-state index is 12.7. The molecule has 1 heterocycles. The molecule has 0 spiro atoms. The van der Waals surface area contributed by atoms with Crippen molar-refractivity contribution in [2.75, 3.05) is 4.90 Å². The average molecular weight is 411 g/mol. The molecule has 29 heavy (non-hydrogen) atoms. The monoisotopic (exact) mass is 411 g/mol. The van der Waals surface area contributed by atoms with Gasteiger partial charge in [-0.15, -0.1) is 0 Å². The lowest BCUT2D eigenvalue weighted by atomic mass is 10.1. The summed E-state index contributed by atoms with van der Waals surface area (Å²) in [7, 11) is 0. The van der Waals surface area contributed by atoms with E-state index in [0.29, 0.717) is 5.69 Å². The molecule has 0 saturated carbocycles. The number of para-hydroxylation sites is 1. The highest BCUT2D eigenvalue weighted by atomic mass is 32.1. The number of benzene rings is 2. The second-order valence-electron chi connectivity index (χ2n) is 5.81. The molecule has 146 valence electrons. The number of anilines is 1. The van der Waals surface area contributed by atoms with Crippen LogP contribution in [0.4, 0.5) is 11.4 Å². The van der Waals surface area contributed by atoms with Crippen molar-refractivity contribution in [1.82, 2.24) is 10.7 Å². The molecular weight excluding hydrogens is 398 g/mol. The van der Waals surface area contributed by atoms with Crippen molar-refractivity contribution in [3.63, 3.8) is 0 Å². The summed E-state index contributed by atoms with van der Waals surface area (Å²) in [6.45, 7) is 0. The molecule has 0 aromatic heterocycles. The van der Waals surface area contributed by atoms with Crippen molar-refractivity contribution in [2.24, 2.45) is 11.0 Å². The minimum Gasteiger partial charge on any atom is -0.301 e. The fourth-order valence-electron chi connectivity index (χ4n) is 2.54. The van der Waals surface area contributed by atoms with E-state index in [0.717, 1.165) is 17.2 Å². The zero-order chi connectivity index (χ0) is 21.0. The fraction of sp³-hybridized carbons (Fsp3) is 0.0556. The van der Waals surface area contributed by atoms with E-state index in [2.05, 4.69) is 15.8 Å². The highest BCUT2D eigenvalue weighted by molar-refractivity contribution is 7.80. The van der Waals surface area contributed by atoms with Crippen LogP contribution in [-0.4, -0.2) is 34.0 Å². The Bertz CT molecular complexity index is 1040. The largest absolute Gasteiger partial charge is 0.301 e. The van der Waals surface area contributed by atoms with Crippen LogP contribution in [0.3, 0.4) is 0 Å². The summed E-state index contributed by atoms with van der Waals surface area (Å²) in [5.74, 6) is -3.35. The van der Waals surface area contributed by atoms with E-state index in [1.54, 1.807) is 30.3 Å². The highest BCUT2D eigenvalue weighted by Gasteiger charge is 2.38. The topological polar surface area (TPSA) is 134 Å². The Hall–Kier alpha value is -3.99. The third-order valence-corrected chi connectivity index (χ3v) is 4.21. The van der Waals surface area contributed by atoms with Gasteiger partial charge in [0.2, 0.25) is 5.91 Å². The SMILES string of the molecule is O=C(N/N=C\[C@H]1C(=O)NC(=S)N(c2ccccc2)C1=O)c1cccc([N+](=O)[O-])c1. The van der Waals surface area contributed by atoms with Gasteiger partial charge in [0, 0.05) is 23.9 Å². The van der Waals surface area contributed by atoms with Crippen LogP contribution in [0.1, 0.15) is 10.4 Å². The van der Waals surface area contributed by atoms with Crippen molar-refractivity contribution in [2.45, 2.75) is 0 Å². The van der Waals surface area contributed by atoms with E-state index < -0.39 is 28.6 Å². The second-order valence-corrected chi connectivity index (χ2v) is 6.19. The molecule has 1 saturated heterocycles. The van der Waals surface area contributed by atoms with Gasteiger partial charge in [-0.1, -0.05) is 24.3 Å².